The number of carbonyl (C=O) groups excluding carboxylic acids is 1. The number of nitrogens with zero attached hydrogens (tertiary/aromatic N) is 4. The molecule has 100 valence electrons. The molecule has 2 aromatic rings. The second kappa shape index (κ2) is 6.08. The molecule has 0 unspecified atom stereocenters. The van der Waals surface area contributed by atoms with Crippen molar-refractivity contribution in [1.82, 2.24) is 20.1 Å². The highest BCUT2D eigenvalue weighted by Crippen LogP contribution is 2.08. The van der Waals surface area contributed by atoms with Gasteiger partial charge in [0.2, 0.25) is 11.9 Å². The average molecular weight is 259 g/mol. The molecule has 0 radical (unpaired) electrons. The van der Waals surface area contributed by atoms with E-state index in [0.29, 0.717) is 19.0 Å². The Labute approximate surface area is 111 Å². The fourth-order valence-corrected chi connectivity index (χ4v) is 1.80. The van der Waals surface area contributed by atoms with Crippen LogP contribution in [-0.2, 0) is 4.79 Å². The molecule has 0 bridgehead atoms. The second-order valence-corrected chi connectivity index (χ2v) is 4.04. The zero-order valence-electron chi connectivity index (χ0n) is 11.1. The van der Waals surface area contributed by atoms with Crippen molar-refractivity contribution in [3.8, 4) is 0 Å². The number of hydrogen-bond acceptors (Lipinski definition) is 5. The van der Waals surface area contributed by atoms with Crippen LogP contribution in [0.25, 0.3) is 11.0 Å². The van der Waals surface area contributed by atoms with Crippen LogP contribution in [0.4, 0.5) is 5.95 Å². The van der Waals surface area contributed by atoms with Gasteiger partial charge in [-0.15, -0.1) is 10.2 Å². The Hall–Kier alpha value is -2.24. The average Bonchev–Trinajstić information content (AvgIpc) is 2.46. The number of benzene rings is 1. The molecule has 0 fully saturated rings. The van der Waals surface area contributed by atoms with Crippen molar-refractivity contribution in [2.24, 2.45) is 0 Å². The van der Waals surface area contributed by atoms with E-state index >= 15 is 0 Å². The van der Waals surface area contributed by atoms with Crippen LogP contribution in [-0.4, -0.2) is 45.6 Å². The lowest BCUT2D eigenvalue weighted by atomic mass is 10.3. The molecule has 19 heavy (non-hydrogen) atoms. The number of amides is 1. The van der Waals surface area contributed by atoms with Gasteiger partial charge in [0.15, 0.2) is 0 Å². The fraction of sp³-hybridized carbons (Fsp3) is 0.385. The highest BCUT2D eigenvalue weighted by molar-refractivity contribution is 5.80. The minimum absolute atomic E-state index is 0.0294. The zero-order valence-corrected chi connectivity index (χ0v) is 11.1. The smallest absolute Gasteiger partial charge is 0.243 e. The maximum absolute atomic E-state index is 11.8. The van der Waals surface area contributed by atoms with Gasteiger partial charge in [-0.25, -0.2) is 4.98 Å². The third-order valence-electron chi connectivity index (χ3n) is 2.87. The first-order valence-corrected chi connectivity index (χ1v) is 6.35. The normalized spacial score (nSPS) is 10.4. The Morgan fingerprint density at radius 2 is 1.84 bits per heavy atom. The van der Waals surface area contributed by atoms with Gasteiger partial charge in [-0.2, -0.15) is 0 Å². The van der Waals surface area contributed by atoms with E-state index in [1.165, 1.54) is 0 Å². The van der Waals surface area contributed by atoms with Gasteiger partial charge in [0.1, 0.15) is 5.52 Å². The van der Waals surface area contributed by atoms with Crippen LogP contribution in [0.1, 0.15) is 13.8 Å². The lowest BCUT2D eigenvalue weighted by molar-refractivity contribution is -0.128. The topological polar surface area (TPSA) is 71.0 Å². The quantitative estimate of drug-likeness (QED) is 0.876. The molecule has 0 saturated heterocycles. The molecule has 6 nitrogen and oxygen atoms in total. The zero-order chi connectivity index (χ0) is 13.7. The van der Waals surface area contributed by atoms with E-state index in [-0.39, 0.29) is 12.5 Å². The van der Waals surface area contributed by atoms with Crippen LogP contribution in [0.5, 0.6) is 0 Å². The largest absolute Gasteiger partial charge is 0.344 e. The summed E-state index contributed by atoms with van der Waals surface area (Å²) in [7, 11) is 0. The molecule has 1 aromatic heterocycles. The van der Waals surface area contributed by atoms with Gasteiger partial charge in [0.25, 0.3) is 0 Å². The fourth-order valence-electron chi connectivity index (χ4n) is 1.80. The molecule has 6 heteroatoms. The van der Waals surface area contributed by atoms with Gasteiger partial charge in [-0.05, 0) is 26.0 Å². The van der Waals surface area contributed by atoms with E-state index in [1.807, 2.05) is 38.1 Å². The summed E-state index contributed by atoms with van der Waals surface area (Å²) in [6, 6.07) is 7.49. The number of fused-ring (bicyclic) bond motifs is 1. The Morgan fingerprint density at radius 1 is 1.16 bits per heavy atom. The predicted molar refractivity (Wildman–Crippen MR) is 73.8 cm³/mol. The first kappa shape index (κ1) is 13.2. The summed E-state index contributed by atoms with van der Waals surface area (Å²) in [6.07, 6.45) is 0. The van der Waals surface area contributed by atoms with Gasteiger partial charge >= 0.3 is 0 Å². The van der Waals surface area contributed by atoms with Crippen molar-refractivity contribution in [2.75, 3.05) is 25.0 Å². The van der Waals surface area contributed by atoms with Gasteiger partial charge in [-0.3, -0.25) is 4.79 Å². The number of rotatable bonds is 5. The monoisotopic (exact) mass is 259 g/mol. The number of para-hydroxylation sites is 1. The van der Waals surface area contributed by atoms with E-state index in [1.54, 1.807) is 4.90 Å². The Kier molecular flexibility index (Phi) is 4.22. The Bertz CT molecular complexity index is 568. The SMILES string of the molecule is CCN(CC)C(=O)CNc1nnc2ccccc2n1. The molecule has 1 aromatic carbocycles. The standard InChI is InChI=1S/C13H17N5O/c1-3-18(4-2)12(19)9-14-13-15-10-7-5-6-8-11(10)16-17-13/h5-8H,3-4,9H2,1-2H3,(H,14,15,17). The Balaban J connectivity index is 2.03. The van der Waals surface area contributed by atoms with E-state index in [0.717, 1.165) is 11.0 Å². The van der Waals surface area contributed by atoms with Crippen molar-refractivity contribution in [3.05, 3.63) is 24.3 Å². The maximum Gasteiger partial charge on any atom is 0.243 e. The van der Waals surface area contributed by atoms with Crippen molar-refractivity contribution in [3.63, 3.8) is 0 Å². The molecule has 0 atom stereocenters. The first-order chi connectivity index (χ1) is 9.24. The second-order valence-electron chi connectivity index (χ2n) is 4.04. The predicted octanol–water partition coefficient (Wildman–Crippen LogP) is 1.31. The minimum atomic E-state index is 0.0294. The Morgan fingerprint density at radius 3 is 2.53 bits per heavy atom. The van der Waals surface area contributed by atoms with E-state index in [4.69, 9.17) is 0 Å². The maximum atomic E-state index is 11.8. The van der Waals surface area contributed by atoms with E-state index < -0.39 is 0 Å². The van der Waals surface area contributed by atoms with Crippen LogP contribution in [0.2, 0.25) is 0 Å². The molecule has 1 heterocycles. The van der Waals surface area contributed by atoms with Crippen molar-refractivity contribution >= 4 is 22.9 Å². The summed E-state index contributed by atoms with van der Waals surface area (Å²) in [5, 5.41) is 10.9. The lowest BCUT2D eigenvalue weighted by Gasteiger charge is -2.18. The van der Waals surface area contributed by atoms with Crippen LogP contribution in [0, 0.1) is 0 Å². The molecular formula is C13H17N5O. The lowest BCUT2D eigenvalue weighted by Crippen LogP contribution is -2.35. The van der Waals surface area contributed by atoms with Crippen LogP contribution in [0.15, 0.2) is 24.3 Å². The number of anilines is 1. The first-order valence-electron chi connectivity index (χ1n) is 6.35. The highest BCUT2D eigenvalue weighted by atomic mass is 16.2. The number of aromatic nitrogens is 3. The summed E-state index contributed by atoms with van der Waals surface area (Å²) in [4.78, 5) is 17.9. The molecule has 0 aliphatic rings. The molecule has 0 aliphatic heterocycles. The van der Waals surface area contributed by atoms with Crippen LogP contribution >= 0.6 is 0 Å². The highest BCUT2D eigenvalue weighted by Gasteiger charge is 2.09. The summed E-state index contributed by atoms with van der Waals surface area (Å²) >= 11 is 0. The molecule has 2 rings (SSSR count). The van der Waals surface area contributed by atoms with Crippen LogP contribution < -0.4 is 5.32 Å². The molecule has 1 N–H and O–H groups in total. The molecule has 0 aliphatic carbocycles. The van der Waals surface area contributed by atoms with Crippen molar-refractivity contribution in [2.45, 2.75) is 13.8 Å². The number of hydrogen-bond donors (Lipinski definition) is 1. The van der Waals surface area contributed by atoms with Crippen molar-refractivity contribution < 1.29 is 4.79 Å². The van der Waals surface area contributed by atoms with Gasteiger partial charge < -0.3 is 10.2 Å². The van der Waals surface area contributed by atoms with E-state index in [9.17, 15) is 4.79 Å². The third kappa shape index (κ3) is 3.15. The van der Waals surface area contributed by atoms with Gasteiger partial charge in [0.05, 0.1) is 12.1 Å². The number of likely N-dealkylation sites (N-methyl/N-ethyl adjacent to an activating group) is 1. The summed E-state index contributed by atoms with van der Waals surface area (Å²) < 4.78 is 0. The molecule has 1 amide bonds. The minimum Gasteiger partial charge on any atom is -0.344 e. The summed E-state index contributed by atoms with van der Waals surface area (Å²) in [5.74, 6) is 0.404. The summed E-state index contributed by atoms with van der Waals surface area (Å²) in [6.45, 7) is 5.49. The number of carbonyl (C=O) groups is 1. The molecular weight excluding hydrogens is 242 g/mol. The molecule has 0 saturated carbocycles. The van der Waals surface area contributed by atoms with Crippen molar-refractivity contribution in [1.29, 1.82) is 0 Å². The summed E-state index contributed by atoms with van der Waals surface area (Å²) in [5.41, 5.74) is 1.50. The third-order valence-corrected chi connectivity index (χ3v) is 2.87. The van der Waals surface area contributed by atoms with Crippen LogP contribution in [0.3, 0.4) is 0 Å². The number of nitrogens with one attached hydrogen (secondary N) is 1. The van der Waals surface area contributed by atoms with Gasteiger partial charge in [0, 0.05) is 13.1 Å². The van der Waals surface area contributed by atoms with Gasteiger partial charge in [-0.1, -0.05) is 12.1 Å². The molecule has 0 spiro atoms. The van der Waals surface area contributed by atoms with E-state index in [2.05, 4.69) is 20.5 Å².